The lowest BCUT2D eigenvalue weighted by molar-refractivity contribution is 0.0534. The molecule has 126 valence electrons. The van der Waals surface area contributed by atoms with Crippen molar-refractivity contribution in [1.82, 2.24) is 9.88 Å². The maximum Gasteiger partial charge on any atom is 0.274 e. The Bertz CT molecular complexity index is 766. The van der Waals surface area contributed by atoms with Gasteiger partial charge in [0.2, 0.25) is 0 Å². The van der Waals surface area contributed by atoms with Gasteiger partial charge in [0.05, 0.1) is 5.02 Å². The van der Waals surface area contributed by atoms with E-state index in [1.807, 2.05) is 24.0 Å². The molecule has 0 aliphatic heterocycles. The van der Waals surface area contributed by atoms with Gasteiger partial charge in [-0.1, -0.05) is 40.9 Å². The lowest BCUT2D eigenvalue weighted by atomic mass is 9.74. The zero-order valence-corrected chi connectivity index (χ0v) is 15.4. The van der Waals surface area contributed by atoms with Crippen LogP contribution >= 0.6 is 34.8 Å². The molecule has 2 aromatic rings. The minimum Gasteiger partial charge on any atom is -0.334 e. The predicted molar refractivity (Wildman–Crippen MR) is 98.2 cm³/mol. The van der Waals surface area contributed by atoms with Crippen molar-refractivity contribution >= 4 is 40.7 Å². The van der Waals surface area contributed by atoms with E-state index in [4.69, 9.17) is 34.8 Å². The number of hydrogen-bond acceptors (Lipinski definition) is 2. The highest BCUT2D eigenvalue weighted by atomic mass is 35.5. The molecule has 0 radical (unpaired) electrons. The van der Waals surface area contributed by atoms with Gasteiger partial charge >= 0.3 is 0 Å². The summed E-state index contributed by atoms with van der Waals surface area (Å²) < 4.78 is 0. The second-order valence-corrected chi connectivity index (χ2v) is 7.09. The molecule has 24 heavy (non-hydrogen) atoms. The number of nitrogens with zero attached hydrogens (tertiary/aromatic N) is 2. The number of hydrogen-bond donors (Lipinski definition) is 0. The highest BCUT2D eigenvalue weighted by Gasteiger charge is 2.39. The van der Waals surface area contributed by atoms with E-state index < -0.39 is 0 Å². The summed E-state index contributed by atoms with van der Waals surface area (Å²) in [5.74, 6) is 0.0732. The summed E-state index contributed by atoms with van der Waals surface area (Å²) in [6.45, 7) is 2.56. The van der Waals surface area contributed by atoms with Crippen LogP contribution in [-0.2, 0) is 0 Å². The van der Waals surface area contributed by atoms with Crippen LogP contribution in [0.4, 0.5) is 0 Å². The molecule has 1 saturated carbocycles. The number of carbonyl (C=O) groups is 1. The van der Waals surface area contributed by atoms with E-state index in [0.29, 0.717) is 27.3 Å². The summed E-state index contributed by atoms with van der Waals surface area (Å²) in [7, 11) is 0. The average Bonchev–Trinajstić information content (AvgIpc) is 2.53. The molecule has 0 saturated heterocycles. The molecule has 1 aliphatic rings. The lowest BCUT2D eigenvalue weighted by Crippen LogP contribution is -2.49. The van der Waals surface area contributed by atoms with Crippen LogP contribution in [0.3, 0.4) is 0 Å². The molecule has 3 nitrogen and oxygen atoms in total. The second kappa shape index (κ2) is 7.30. The molecular weight excluding hydrogens is 367 g/mol. The normalized spacial score (nSPS) is 19.7. The Hall–Kier alpha value is -1.29. The molecule has 0 spiro atoms. The summed E-state index contributed by atoms with van der Waals surface area (Å²) in [4.78, 5) is 18.9. The fraction of sp³-hybridized carbons (Fsp3) is 0.333. The van der Waals surface area contributed by atoms with Gasteiger partial charge in [0.1, 0.15) is 5.69 Å². The minimum atomic E-state index is -0.136. The largest absolute Gasteiger partial charge is 0.334 e. The van der Waals surface area contributed by atoms with E-state index in [9.17, 15) is 4.79 Å². The third-order valence-corrected chi connectivity index (χ3v) is 5.43. The summed E-state index contributed by atoms with van der Waals surface area (Å²) >= 11 is 18.5. The van der Waals surface area contributed by atoms with Gasteiger partial charge in [0.15, 0.2) is 0 Å². The molecule has 6 heteroatoms. The third-order valence-electron chi connectivity index (χ3n) is 4.56. The first-order chi connectivity index (χ1) is 11.5. The number of benzene rings is 1. The van der Waals surface area contributed by atoms with Crippen LogP contribution in [0.15, 0.2) is 36.5 Å². The zero-order chi connectivity index (χ0) is 17.3. The van der Waals surface area contributed by atoms with Crippen molar-refractivity contribution in [3.63, 3.8) is 0 Å². The molecule has 2 atom stereocenters. The van der Waals surface area contributed by atoms with Crippen LogP contribution < -0.4 is 0 Å². The Balaban J connectivity index is 1.86. The number of amides is 1. The molecule has 1 fully saturated rings. The van der Waals surface area contributed by atoms with Crippen LogP contribution in [-0.4, -0.2) is 28.4 Å². The molecule has 3 rings (SSSR count). The summed E-state index contributed by atoms with van der Waals surface area (Å²) in [6, 6.07) is 9.04. The zero-order valence-electron chi connectivity index (χ0n) is 13.2. The van der Waals surface area contributed by atoms with E-state index >= 15 is 0 Å². The van der Waals surface area contributed by atoms with Crippen molar-refractivity contribution in [2.24, 2.45) is 0 Å². The first kappa shape index (κ1) is 17.5. The second-order valence-electron chi connectivity index (χ2n) is 5.84. The lowest BCUT2D eigenvalue weighted by Gasteiger charge is -2.44. The van der Waals surface area contributed by atoms with Gasteiger partial charge in [0, 0.05) is 34.7 Å². The van der Waals surface area contributed by atoms with Gasteiger partial charge in [0.25, 0.3) is 5.91 Å². The maximum atomic E-state index is 12.9. The molecule has 1 aromatic carbocycles. The number of halogens is 3. The topological polar surface area (TPSA) is 33.2 Å². The predicted octanol–water partition coefficient (Wildman–Crippen LogP) is 5.45. The van der Waals surface area contributed by atoms with Crippen molar-refractivity contribution in [2.45, 2.75) is 31.7 Å². The quantitative estimate of drug-likeness (QED) is 0.703. The van der Waals surface area contributed by atoms with Gasteiger partial charge in [-0.3, -0.25) is 4.79 Å². The van der Waals surface area contributed by atoms with E-state index in [0.717, 1.165) is 18.4 Å². The maximum absolute atomic E-state index is 12.9. The highest BCUT2D eigenvalue weighted by molar-refractivity contribution is 6.35. The van der Waals surface area contributed by atoms with Gasteiger partial charge in [-0.15, -0.1) is 0 Å². The number of aromatic nitrogens is 1. The smallest absolute Gasteiger partial charge is 0.274 e. The van der Waals surface area contributed by atoms with E-state index in [1.165, 1.54) is 0 Å². The van der Waals surface area contributed by atoms with E-state index in [-0.39, 0.29) is 17.9 Å². The Morgan fingerprint density at radius 3 is 2.58 bits per heavy atom. The van der Waals surface area contributed by atoms with Gasteiger partial charge in [-0.2, -0.15) is 0 Å². The number of carbonyl (C=O) groups excluding carboxylic acids is 1. The Labute approximate surface area is 156 Å². The van der Waals surface area contributed by atoms with Crippen LogP contribution in [0.25, 0.3) is 0 Å². The van der Waals surface area contributed by atoms with Crippen molar-refractivity contribution in [1.29, 1.82) is 0 Å². The van der Waals surface area contributed by atoms with E-state index in [1.54, 1.807) is 24.4 Å². The van der Waals surface area contributed by atoms with Crippen molar-refractivity contribution in [2.75, 3.05) is 6.54 Å². The first-order valence-corrected chi connectivity index (χ1v) is 9.02. The Kier molecular flexibility index (Phi) is 5.33. The summed E-state index contributed by atoms with van der Waals surface area (Å²) in [5.41, 5.74) is 1.34. The summed E-state index contributed by atoms with van der Waals surface area (Å²) in [5, 5.41) is 1.64. The SMILES string of the molecule is CCN(C(=O)c1ncccc1Cl)C1CCC1c1ccc(Cl)cc1Cl. The molecule has 1 heterocycles. The molecule has 0 N–H and O–H groups in total. The standard InChI is InChI=1S/C18H17Cl3N2O/c1-2-23(18(24)17-14(20)4-3-9-22-17)16-8-7-13(16)12-6-5-11(19)10-15(12)21/h3-6,9-10,13,16H,2,7-8H2,1H3. The third kappa shape index (κ3) is 3.26. The number of pyridine rings is 1. The van der Waals surface area contributed by atoms with Gasteiger partial charge < -0.3 is 4.90 Å². The van der Waals surface area contributed by atoms with Crippen LogP contribution in [0, 0.1) is 0 Å². The fourth-order valence-electron chi connectivity index (χ4n) is 3.23. The van der Waals surface area contributed by atoms with Crippen molar-refractivity contribution < 1.29 is 4.79 Å². The first-order valence-electron chi connectivity index (χ1n) is 7.89. The van der Waals surface area contributed by atoms with Crippen LogP contribution in [0.5, 0.6) is 0 Å². The Morgan fingerprint density at radius 1 is 1.21 bits per heavy atom. The van der Waals surface area contributed by atoms with Crippen LogP contribution in [0.2, 0.25) is 15.1 Å². The molecular formula is C18H17Cl3N2O. The van der Waals surface area contributed by atoms with E-state index in [2.05, 4.69) is 4.98 Å². The monoisotopic (exact) mass is 382 g/mol. The number of rotatable bonds is 4. The highest BCUT2D eigenvalue weighted by Crippen LogP contribution is 2.44. The Morgan fingerprint density at radius 2 is 2.00 bits per heavy atom. The molecule has 1 amide bonds. The van der Waals surface area contributed by atoms with Gasteiger partial charge in [-0.05, 0) is 49.6 Å². The molecule has 0 bridgehead atoms. The number of likely N-dealkylation sites (N-methyl/N-ethyl adjacent to an activating group) is 1. The fourth-order valence-corrected chi connectivity index (χ4v) is 3.98. The van der Waals surface area contributed by atoms with Gasteiger partial charge in [-0.25, -0.2) is 4.98 Å². The summed E-state index contributed by atoms with van der Waals surface area (Å²) in [6.07, 6.45) is 3.51. The molecule has 1 aliphatic carbocycles. The molecule has 2 unspecified atom stereocenters. The minimum absolute atomic E-state index is 0.0965. The molecule has 1 aromatic heterocycles. The van der Waals surface area contributed by atoms with Crippen LogP contribution in [0.1, 0.15) is 41.7 Å². The van der Waals surface area contributed by atoms with Crippen molar-refractivity contribution in [3.05, 3.63) is 62.9 Å². The average molecular weight is 384 g/mol. The van der Waals surface area contributed by atoms with Crippen molar-refractivity contribution in [3.8, 4) is 0 Å².